The average Bonchev–Trinajstić information content (AvgIpc) is 2.34. The van der Waals surface area contributed by atoms with Crippen LogP contribution >= 0.6 is 15.9 Å². The molecular weight excluding hydrogens is 304 g/mol. The van der Waals surface area contributed by atoms with Gasteiger partial charge in [-0.2, -0.15) is 0 Å². The summed E-state index contributed by atoms with van der Waals surface area (Å²) in [4.78, 5) is 2.18. The smallest absolute Gasteiger partial charge is 0.117 e. The monoisotopic (exact) mass is 320 g/mol. The second-order valence-electron chi connectivity index (χ2n) is 4.43. The number of nitrogens with zero attached hydrogens (tertiary/aromatic N) is 1. The van der Waals surface area contributed by atoms with E-state index in [0.29, 0.717) is 0 Å². The normalized spacial score (nSPS) is 10.4. The molecule has 0 fully saturated rings. The van der Waals surface area contributed by atoms with E-state index in [1.807, 2.05) is 24.3 Å². The fourth-order valence-electron chi connectivity index (χ4n) is 2.06. The fourth-order valence-corrected chi connectivity index (χ4v) is 2.62. The fraction of sp³-hybridized carbons (Fsp3) is 0.200. The van der Waals surface area contributed by atoms with Crippen molar-refractivity contribution < 1.29 is 5.11 Å². The number of halogens is 1. The Labute approximate surface area is 121 Å². The molecule has 2 aromatic rings. The van der Waals surface area contributed by atoms with Crippen molar-refractivity contribution in [1.29, 1.82) is 0 Å². The maximum Gasteiger partial charge on any atom is 0.117 e. The number of anilines is 2. The average molecular weight is 321 g/mol. The first-order valence-electron chi connectivity index (χ1n) is 6.17. The number of phenolic OH excluding ortho intramolecular Hbond substituents is 1. The van der Waals surface area contributed by atoms with Gasteiger partial charge >= 0.3 is 0 Å². The quantitative estimate of drug-likeness (QED) is 0.843. The molecule has 0 saturated carbocycles. The lowest BCUT2D eigenvalue weighted by Crippen LogP contribution is -2.21. The first kappa shape index (κ1) is 13.7. The summed E-state index contributed by atoms with van der Waals surface area (Å²) in [6.45, 7) is 3.70. The van der Waals surface area contributed by atoms with Crippen LogP contribution < -0.4 is 10.6 Å². The summed E-state index contributed by atoms with van der Waals surface area (Å²) in [6.07, 6.45) is 0. The molecule has 0 saturated heterocycles. The zero-order chi connectivity index (χ0) is 13.8. The molecule has 0 aliphatic carbocycles. The molecule has 2 rings (SSSR count). The van der Waals surface area contributed by atoms with Gasteiger partial charge in [-0.25, -0.2) is 0 Å². The van der Waals surface area contributed by atoms with Crippen molar-refractivity contribution in [2.75, 3.05) is 17.2 Å². The van der Waals surface area contributed by atoms with Crippen LogP contribution in [0.5, 0.6) is 5.75 Å². The highest BCUT2D eigenvalue weighted by molar-refractivity contribution is 9.10. The topological polar surface area (TPSA) is 49.5 Å². The third kappa shape index (κ3) is 3.64. The highest BCUT2D eigenvalue weighted by Crippen LogP contribution is 2.24. The van der Waals surface area contributed by atoms with E-state index < -0.39 is 0 Å². The van der Waals surface area contributed by atoms with Crippen LogP contribution in [-0.2, 0) is 6.54 Å². The molecule has 2 aromatic carbocycles. The molecule has 0 aliphatic rings. The molecule has 19 heavy (non-hydrogen) atoms. The van der Waals surface area contributed by atoms with Crippen LogP contribution in [0.1, 0.15) is 12.5 Å². The van der Waals surface area contributed by atoms with E-state index in [4.69, 9.17) is 5.73 Å². The molecule has 100 valence electrons. The van der Waals surface area contributed by atoms with Crippen molar-refractivity contribution in [3.63, 3.8) is 0 Å². The van der Waals surface area contributed by atoms with Crippen molar-refractivity contribution in [1.82, 2.24) is 0 Å². The number of benzene rings is 2. The van der Waals surface area contributed by atoms with Crippen LogP contribution in [0.2, 0.25) is 0 Å². The lowest BCUT2D eigenvalue weighted by atomic mass is 10.1. The molecule has 0 aromatic heterocycles. The number of nitrogens with two attached hydrogens (primary N) is 1. The summed E-state index contributed by atoms with van der Waals surface area (Å²) in [5.41, 5.74) is 8.73. The molecule has 0 aliphatic heterocycles. The third-order valence-corrected chi connectivity index (χ3v) is 3.39. The van der Waals surface area contributed by atoms with Crippen LogP contribution in [0.4, 0.5) is 11.4 Å². The molecule has 0 heterocycles. The number of phenols is 1. The second kappa shape index (κ2) is 5.97. The van der Waals surface area contributed by atoms with Gasteiger partial charge in [0.2, 0.25) is 0 Å². The van der Waals surface area contributed by atoms with Crippen LogP contribution in [-0.4, -0.2) is 11.7 Å². The number of hydrogen-bond donors (Lipinski definition) is 2. The second-order valence-corrected chi connectivity index (χ2v) is 5.34. The Balaban J connectivity index is 2.23. The van der Waals surface area contributed by atoms with Gasteiger partial charge in [-0.1, -0.05) is 22.0 Å². The highest BCUT2D eigenvalue weighted by Gasteiger charge is 2.07. The zero-order valence-corrected chi connectivity index (χ0v) is 12.4. The summed E-state index contributed by atoms with van der Waals surface area (Å²) in [5.74, 6) is 0.282. The first-order chi connectivity index (χ1) is 9.08. The Bertz CT molecular complexity index is 552. The standard InChI is InChI=1S/C15H17BrN2O/c1-2-18(14-4-3-5-15(19)9-14)10-11-6-12(16)8-13(17)7-11/h3-9,19H,2,10,17H2,1H3. The Hall–Kier alpha value is -1.68. The molecule has 0 spiro atoms. The summed E-state index contributed by atoms with van der Waals surface area (Å²) < 4.78 is 0.981. The van der Waals surface area contributed by atoms with Gasteiger partial charge in [0.15, 0.2) is 0 Å². The van der Waals surface area contributed by atoms with Gasteiger partial charge in [0.05, 0.1) is 0 Å². The number of nitrogen functional groups attached to an aromatic ring is 1. The lowest BCUT2D eigenvalue weighted by molar-refractivity contribution is 0.475. The Morgan fingerprint density at radius 1 is 1.21 bits per heavy atom. The van der Waals surface area contributed by atoms with Gasteiger partial charge in [0.25, 0.3) is 0 Å². The van der Waals surface area contributed by atoms with E-state index >= 15 is 0 Å². The first-order valence-corrected chi connectivity index (χ1v) is 6.96. The van der Waals surface area contributed by atoms with Crippen molar-refractivity contribution in [2.24, 2.45) is 0 Å². The van der Waals surface area contributed by atoms with Crippen LogP contribution in [0.3, 0.4) is 0 Å². The van der Waals surface area contributed by atoms with Gasteiger partial charge in [-0.3, -0.25) is 0 Å². The van der Waals surface area contributed by atoms with Gasteiger partial charge < -0.3 is 15.7 Å². The van der Waals surface area contributed by atoms with Crippen molar-refractivity contribution in [3.05, 3.63) is 52.5 Å². The minimum absolute atomic E-state index is 0.282. The van der Waals surface area contributed by atoms with E-state index in [1.165, 1.54) is 0 Å². The van der Waals surface area contributed by atoms with Crippen LogP contribution in [0.15, 0.2) is 46.9 Å². The summed E-state index contributed by atoms with van der Waals surface area (Å²) in [5, 5.41) is 9.56. The van der Waals surface area contributed by atoms with Gasteiger partial charge in [0.1, 0.15) is 5.75 Å². The van der Waals surface area contributed by atoms with Crippen LogP contribution in [0, 0.1) is 0 Å². The predicted octanol–water partition coefficient (Wildman–Crippen LogP) is 3.76. The molecule has 0 bridgehead atoms. The maximum absolute atomic E-state index is 9.56. The number of hydrogen-bond acceptors (Lipinski definition) is 3. The van der Waals surface area contributed by atoms with Gasteiger partial charge in [-0.05, 0) is 42.8 Å². The molecule has 0 amide bonds. The summed E-state index contributed by atoms with van der Waals surface area (Å²) in [6, 6.07) is 13.2. The molecule has 0 atom stereocenters. The van der Waals surface area contributed by atoms with Crippen molar-refractivity contribution >= 4 is 27.3 Å². The minimum Gasteiger partial charge on any atom is -0.508 e. The van der Waals surface area contributed by atoms with Gasteiger partial charge in [-0.15, -0.1) is 0 Å². The number of rotatable bonds is 4. The van der Waals surface area contributed by atoms with Crippen molar-refractivity contribution in [3.8, 4) is 5.75 Å². The van der Waals surface area contributed by atoms with E-state index in [9.17, 15) is 5.11 Å². The molecule has 0 radical (unpaired) electrons. The Morgan fingerprint density at radius 2 is 2.00 bits per heavy atom. The summed E-state index contributed by atoms with van der Waals surface area (Å²) in [7, 11) is 0. The molecule has 0 unspecified atom stereocenters. The van der Waals surface area contributed by atoms with E-state index in [-0.39, 0.29) is 5.75 Å². The highest BCUT2D eigenvalue weighted by atomic mass is 79.9. The van der Waals surface area contributed by atoms with Crippen LogP contribution in [0.25, 0.3) is 0 Å². The maximum atomic E-state index is 9.56. The van der Waals surface area contributed by atoms with E-state index in [0.717, 1.165) is 34.5 Å². The molecule has 3 nitrogen and oxygen atoms in total. The molecular formula is C15H17BrN2O. The Morgan fingerprint density at radius 3 is 2.63 bits per heavy atom. The van der Waals surface area contributed by atoms with Gasteiger partial charge in [0, 0.05) is 35.0 Å². The third-order valence-electron chi connectivity index (χ3n) is 2.93. The SMILES string of the molecule is CCN(Cc1cc(N)cc(Br)c1)c1cccc(O)c1. The largest absolute Gasteiger partial charge is 0.508 e. The lowest BCUT2D eigenvalue weighted by Gasteiger charge is -2.23. The summed E-state index contributed by atoms with van der Waals surface area (Å²) >= 11 is 3.45. The number of aromatic hydroxyl groups is 1. The van der Waals surface area contributed by atoms with E-state index in [2.05, 4.69) is 33.8 Å². The predicted molar refractivity (Wildman–Crippen MR) is 83.4 cm³/mol. The molecule has 3 N–H and O–H groups in total. The van der Waals surface area contributed by atoms with Crippen molar-refractivity contribution in [2.45, 2.75) is 13.5 Å². The Kier molecular flexibility index (Phi) is 4.32. The minimum atomic E-state index is 0.282. The molecule has 4 heteroatoms. The van der Waals surface area contributed by atoms with E-state index in [1.54, 1.807) is 12.1 Å². The zero-order valence-electron chi connectivity index (χ0n) is 10.8.